The Morgan fingerprint density at radius 2 is 1.68 bits per heavy atom. The molecule has 0 saturated carbocycles. The largest absolute Gasteiger partial charge is 0.417 e. The van der Waals surface area contributed by atoms with Crippen molar-refractivity contribution in [2.45, 2.75) is 31.5 Å². The summed E-state index contributed by atoms with van der Waals surface area (Å²) in [4.78, 5) is 0. The molecule has 0 bridgehead atoms. The van der Waals surface area contributed by atoms with Gasteiger partial charge in [0.2, 0.25) is 0 Å². The van der Waals surface area contributed by atoms with Gasteiger partial charge in [-0.3, -0.25) is 0 Å². The van der Waals surface area contributed by atoms with Crippen molar-refractivity contribution >= 4 is 28.2 Å². The van der Waals surface area contributed by atoms with Crippen molar-refractivity contribution in [1.29, 1.82) is 5.26 Å². The summed E-state index contributed by atoms with van der Waals surface area (Å²) < 4.78 is 77.0. The molecule has 0 fully saturated rings. The first-order valence-corrected chi connectivity index (χ1v) is 7.10. The highest BCUT2D eigenvalue weighted by Crippen LogP contribution is 2.39. The molecule has 0 saturated heterocycles. The highest BCUT2D eigenvalue weighted by Gasteiger charge is 2.40. The van der Waals surface area contributed by atoms with Crippen molar-refractivity contribution < 1.29 is 26.3 Å². The standard InChI is InChI=1S/C13H9F6NS2/c1-6(2)22-11(21)8-3-7(12(14,15)16)4-10(9(8)5-20)13(17,18)19/h3-4,6H,1-2H3. The lowest BCUT2D eigenvalue weighted by atomic mass is 9.98. The van der Waals surface area contributed by atoms with Crippen LogP contribution in [0, 0.1) is 11.3 Å². The van der Waals surface area contributed by atoms with Crippen molar-refractivity contribution in [2.75, 3.05) is 0 Å². The lowest BCUT2D eigenvalue weighted by molar-refractivity contribution is -0.143. The average Bonchev–Trinajstić information content (AvgIpc) is 2.33. The molecule has 0 aliphatic rings. The van der Waals surface area contributed by atoms with E-state index < -0.39 is 34.6 Å². The number of hydrogen-bond acceptors (Lipinski definition) is 3. The second-order valence-electron chi connectivity index (χ2n) is 4.51. The van der Waals surface area contributed by atoms with Gasteiger partial charge in [-0.1, -0.05) is 26.1 Å². The number of thioether (sulfide) groups is 1. The van der Waals surface area contributed by atoms with Gasteiger partial charge in [0.15, 0.2) is 0 Å². The molecule has 1 nitrogen and oxygen atoms in total. The molecule has 1 aromatic carbocycles. The lowest BCUT2D eigenvalue weighted by Crippen LogP contribution is -2.16. The second kappa shape index (κ2) is 6.46. The van der Waals surface area contributed by atoms with Crippen LogP contribution in [0.3, 0.4) is 0 Å². The SMILES string of the molecule is CC(C)SC(=S)c1cc(C(F)(F)F)cc(C(F)(F)F)c1C#N. The van der Waals surface area contributed by atoms with Gasteiger partial charge < -0.3 is 0 Å². The van der Waals surface area contributed by atoms with Crippen LogP contribution in [-0.4, -0.2) is 9.45 Å². The molecule has 0 heterocycles. The highest BCUT2D eigenvalue weighted by molar-refractivity contribution is 8.24. The summed E-state index contributed by atoms with van der Waals surface area (Å²) in [7, 11) is 0. The van der Waals surface area contributed by atoms with E-state index in [2.05, 4.69) is 0 Å². The molecule has 0 N–H and O–H groups in total. The second-order valence-corrected chi connectivity index (χ2v) is 6.76. The Morgan fingerprint density at radius 3 is 2.05 bits per heavy atom. The lowest BCUT2D eigenvalue weighted by Gasteiger charge is -2.17. The smallest absolute Gasteiger partial charge is 0.192 e. The van der Waals surface area contributed by atoms with E-state index in [1.54, 1.807) is 13.8 Å². The minimum Gasteiger partial charge on any atom is -0.192 e. The van der Waals surface area contributed by atoms with E-state index in [1.807, 2.05) is 0 Å². The number of nitriles is 1. The predicted octanol–water partition coefficient (Wildman–Crippen LogP) is 5.41. The molecule has 0 amide bonds. The Hall–Kier alpha value is -1.27. The molecule has 1 rings (SSSR count). The van der Waals surface area contributed by atoms with E-state index in [0.29, 0.717) is 6.07 Å². The minimum atomic E-state index is -5.08. The van der Waals surface area contributed by atoms with Gasteiger partial charge >= 0.3 is 12.4 Å². The van der Waals surface area contributed by atoms with Crippen LogP contribution in [-0.2, 0) is 12.4 Å². The number of nitrogens with zero attached hydrogens (tertiary/aromatic N) is 1. The zero-order chi connectivity index (χ0) is 17.3. The number of rotatable bonds is 2. The number of hydrogen-bond donors (Lipinski definition) is 0. The number of benzene rings is 1. The van der Waals surface area contributed by atoms with Gasteiger partial charge in [-0.05, 0) is 12.1 Å². The molecular weight excluding hydrogens is 348 g/mol. The van der Waals surface area contributed by atoms with Crippen molar-refractivity contribution in [3.05, 3.63) is 34.4 Å². The third-order valence-electron chi connectivity index (χ3n) is 2.45. The average molecular weight is 357 g/mol. The summed E-state index contributed by atoms with van der Waals surface area (Å²) in [5.41, 5.74) is -4.52. The predicted molar refractivity (Wildman–Crippen MR) is 75.6 cm³/mol. The summed E-state index contributed by atoms with van der Waals surface area (Å²) in [6, 6.07) is 1.74. The Labute approximate surface area is 132 Å². The maximum atomic E-state index is 12.9. The van der Waals surface area contributed by atoms with Crippen LogP contribution in [0.2, 0.25) is 0 Å². The van der Waals surface area contributed by atoms with Crippen LogP contribution in [0.25, 0.3) is 0 Å². The molecule has 120 valence electrons. The minimum absolute atomic E-state index is 0.0648. The van der Waals surface area contributed by atoms with Gasteiger partial charge in [-0.15, -0.1) is 11.8 Å². The maximum absolute atomic E-state index is 12.9. The van der Waals surface area contributed by atoms with E-state index in [9.17, 15) is 26.3 Å². The van der Waals surface area contributed by atoms with E-state index in [0.717, 1.165) is 11.8 Å². The number of thiocarbonyl (C=S) groups is 1. The van der Waals surface area contributed by atoms with E-state index in [4.69, 9.17) is 17.5 Å². The molecule has 0 aromatic heterocycles. The molecule has 0 aliphatic heterocycles. The number of alkyl halides is 6. The first kappa shape index (κ1) is 18.8. The molecule has 0 atom stereocenters. The fraction of sp³-hybridized carbons (Fsp3) is 0.385. The van der Waals surface area contributed by atoms with Crippen molar-refractivity contribution in [2.24, 2.45) is 0 Å². The monoisotopic (exact) mass is 357 g/mol. The Morgan fingerprint density at radius 1 is 1.14 bits per heavy atom. The Bertz CT molecular complexity index is 625. The van der Waals surface area contributed by atoms with Gasteiger partial charge in [-0.25, -0.2) is 0 Å². The van der Waals surface area contributed by atoms with Crippen LogP contribution < -0.4 is 0 Å². The molecule has 22 heavy (non-hydrogen) atoms. The van der Waals surface area contributed by atoms with E-state index in [1.165, 1.54) is 6.07 Å². The fourth-order valence-electron chi connectivity index (χ4n) is 1.59. The summed E-state index contributed by atoms with van der Waals surface area (Å²) in [6.45, 7) is 3.36. The quantitative estimate of drug-likeness (QED) is 0.522. The van der Waals surface area contributed by atoms with Crippen LogP contribution in [0.4, 0.5) is 26.3 Å². The summed E-state index contributed by atoms with van der Waals surface area (Å²) >= 11 is 5.81. The number of halogens is 6. The molecule has 0 spiro atoms. The van der Waals surface area contributed by atoms with Gasteiger partial charge in [-0.2, -0.15) is 31.6 Å². The van der Waals surface area contributed by atoms with Crippen LogP contribution in [0.15, 0.2) is 12.1 Å². The molecule has 0 aliphatic carbocycles. The normalized spacial score (nSPS) is 12.4. The summed E-state index contributed by atoms with van der Waals surface area (Å²) in [5, 5.41) is 8.79. The fourth-order valence-corrected chi connectivity index (χ4v) is 3.04. The Kier molecular flexibility index (Phi) is 5.51. The summed E-state index contributed by atoms with van der Waals surface area (Å²) in [6.07, 6.45) is -10.1. The van der Waals surface area contributed by atoms with Gasteiger partial charge in [0.05, 0.1) is 20.9 Å². The first-order chi connectivity index (χ1) is 9.87. The molecule has 1 aromatic rings. The van der Waals surface area contributed by atoms with Crippen molar-refractivity contribution in [3.63, 3.8) is 0 Å². The maximum Gasteiger partial charge on any atom is 0.417 e. The zero-order valence-electron chi connectivity index (χ0n) is 11.3. The van der Waals surface area contributed by atoms with Crippen LogP contribution >= 0.6 is 24.0 Å². The zero-order valence-corrected chi connectivity index (χ0v) is 12.9. The molecule has 0 radical (unpaired) electrons. The van der Waals surface area contributed by atoms with Crippen LogP contribution in [0.1, 0.15) is 36.1 Å². The van der Waals surface area contributed by atoms with Crippen molar-refractivity contribution in [3.8, 4) is 6.07 Å². The topological polar surface area (TPSA) is 23.8 Å². The third-order valence-corrected chi connectivity index (χ3v) is 3.86. The molecular formula is C13H9F6NS2. The van der Waals surface area contributed by atoms with Gasteiger partial charge in [0, 0.05) is 10.8 Å². The van der Waals surface area contributed by atoms with E-state index in [-0.39, 0.29) is 15.5 Å². The molecule has 9 heteroatoms. The van der Waals surface area contributed by atoms with E-state index >= 15 is 0 Å². The highest BCUT2D eigenvalue weighted by atomic mass is 32.2. The molecule has 0 unspecified atom stereocenters. The van der Waals surface area contributed by atoms with Gasteiger partial charge in [0.25, 0.3) is 0 Å². The Balaban J connectivity index is 3.67. The third kappa shape index (κ3) is 4.36. The van der Waals surface area contributed by atoms with Gasteiger partial charge in [0.1, 0.15) is 6.07 Å². The first-order valence-electron chi connectivity index (χ1n) is 5.81. The van der Waals surface area contributed by atoms with Crippen molar-refractivity contribution in [1.82, 2.24) is 0 Å². The van der Waals surface area contributed by atoms with Crippen LogP contribution in [0.5, 0.6) is 0 Å². The summed E-state index contributed by atoms with van der Waals surface area (Å²) in [5.74, 6) is 0.